The Morgan fingerprint density at radius 1 is 1.00 bits per heavy atom. The molecule has 0 bridgehead atoms. The second-order valence-electron chi connectivity index (χ2n) is 10.4. The average molecular weight is 599 g/mol. The molecule has 2 aromatic heterocycles. The number of aromatic nitrogens is 4. The summed E-state index contributed by atoms with van der Waals surface area (Å²) in [4.78, 5) is 13.0. The van der Waals surface area contributed by atoms with E-state index in [1.807, 2.05) is 83.6 Å². The molecule has 0 saturated carbocycles. The van der Waals surface area contributed by atoms with Crippen molar-refractivity contribution in [1.29, 1.82) is 0 Å². The molecule has 35 heavy (non-hydrogen) atoms. The minimum atomic E-state index is -1.08. The molecule has 0 atom stereocenters. The van der Waals surface area contributed by atoms with Crippen molar-refractivity contribution in [3.8, 4) is 0 Å². The summed E-state index contributed by atoms with van der Waals surface area (Å²) in [5.41, 5.74) is 4.09. The Kier molecular flexibility index (Phi) is 24.4. The van der Waals surface area contributed by atoms with Crippen molar-refractivity contribution >= 4 is 29.8 Å². The summed E-state index contributed by atoms with van der Waals surface area (Å²) in [6.07, 6.45) is 1.92. The molecule has 11 heteroatoms. The first kappa shape index (κ1) is 40.9. The van der Waals surface area contributed by atoms with Gasteiger partial charge in [0.1, 0.15) is 0 Å². The standard InChI is InChI=1S/C10H14BN4.C5H9N.C5H11OSi.C3H9P.CO.Mo/c1-7-5-9(3)14(12-7)11-15-10(4)6-8(2)13-15;1-5(2,3)6-4;1-7(2,3)5-4-6;1-4(2)3;1-2;/h5-6H,1-4H3;1-3H3;5H2,1-3H3;1-3H3;;/q-1;;-1;;;+2. The molecule has 2 radical (unpaired) electrons. The van der Waals surface area contributed by atoms with Gasteiger partial charge in [0, 0.05) is 28.8 Å². The Bertz CT molecular complexity index is 848. The normalized spacial score (nSPS) is 9.80. The largest absolute Gasteiger partial charge is 2.00 e. The monoisotopic (exact) mass is 601 g/mol. The minimum Gasteiger partial charge on any atom is 2.00 e. The Balaban J connectivity index is -0.000000204. The number of hydrogen-bond donors (Lipinski definition) is 0. The van der Waals surface area contributed by atoms with Gasteiger partial charge < -0.3 is 18.8 Å². The fourth-order valence-corrected chi connectivity index (χ4v) is 2.28. The fourth-order valence-electron chi connectivity index (χ4n) is 1.85. The smallest absolute Gasteiger partial charge is 2.00 e. The van der Waals surface area contributed by atoms with E-state index in [9.17, 15) is 4.79 Å². The molecule has 0 saturated heterocycles. The van der Waals surface area contributed by atoms with Gasteiger partial charge in [0.25, 0.3) is 0 Å². The van der Waals surface area contributed by atoms with Crippen LogP contribution in [0.15, 0.2) is 12.1 Å². The summed E-state index contributed by atoms with van der Waals surface area (Å²) in [7, 11) is 1.19. The Hall–Kier alpha value is -1.28. The van der Waals surface area contributed by atoms with Gasteiger partial charge in [0.05, 0.1) is 11.4 Å². The van der Waals surface area contributed by atoms with Gasteiger partial charge in [-0.1, -0.05) is 19.6 Å². The predicted molar refractivity (Wildman–Crippen MR) is 149 cm³/mol. The van der Waals surface area contributed by atoms with Crippen LogP contribution in [0.1, 0.15) is 43.5 Å². The maximum Gasteiger partial charge on any atom is 2.00 e. The molecule has 0 aliphatic heterocycles. The zero-order valence-electron chi connectivity index (χ0n) is 23.8. The Morgan fingerprint density at radius 3 is 1.40 bits per heavy atom. The molecule has 0 amide bonds. The van der Waals surface area contributed by atoms with Gasteiger partial charge in [0.2, 0.25) is 5.54 Å². The maximum atomic E-state index is 9.73. The molecule has 0 fully saturated rings. The van der Waals surface area contributed by atoms with Crippen molar-refractivity contribution in [2.75, 3.05) is 20.0 Å². The van der Waals surface area contributed by atoms with Gasteiger partial charge >= 0.3 is 32.4 Å². The third kappa shape index (κ3) is 27.2. The molecule has 0 spiro atoms. The van der Waals surface area contributed by atoms with Crippen LogP contribution in [0.5, 0.6) is 0 Å². The molecule has 2 heterocycles. The predicted octanol–water partition coefficient (Wildman–Crippen LogP) is 5.70. The van der Waals surface area contributed by atoms with Crippen molar-refractivity contribution in [3.63, 3.8) is 0 Å². The van der Waals surface area contributed by atoms with Gasteiger partial charge in [-0.2, -0.15) is 6.04 Å². The summed E-state index contributed by atoms with van der Waals surface area (Å²) in [6, 6.07) is 4.76. The van der Waals surface area contributed by atoms with Crippen LogP contribution in [0.4, 0.5) is 0 Å². The summed E-state index contributed by atoms with van der Waals surface area (Å²) in [6.45, 7) is 37.8. The fraction of sp³-hybridized carbons (Fsp3) is 0.625. The Morgan fingerprint density at radius 2 is 1.29 bits per heavy atom. The van der Waals surface area contributed by atoms with Gasteiger partial charge in [-0.3, -0.25) is 6.29 Å². The van der Waals surface area contributed by atoms with E-state index in [0.29, 0.717) is 14.0 Å². The molecule has 0 unspecified atom stereocenters. The second-order valence-corrected chi connectivity index (χ2v) is 18.5. The second kappa shape index (κ2) is 20.9. The maximum absolute atomic E-state index is 9.73. The molecule has 7 nitrogen and oxygen atoms in total. The van der Waals surface area contributed by atoms with E-state index in [4.69, 9.17) is 11.2 Å². The minimum absolute atomic E-state index is 0. The van der Waals surface area contributed by atoms with E-state index in [2.05, 4.69) is 61.3 Å². The van der Waals surface area contributed by atoms with Crippen LogP contribution in [0, 0.1) is 40.9 Å². The quantitative estimate of drug-likeness (QED) is 0.196. The third-order valence-electron chi connectivity index (χ3n) is 3.25. The van der Waals surface area contributed by atoms with Gasteiger partial charge in [-0.05, 0) is 78.8 Å². The first-order chi connectivity index (χ1) is 15.4. The zero-order chi connectivity index (χ0) is 27.7. The van der Waals surface area contributed by atoms with E-state index in [1.165, 1.54) is 0 Å². The van der Waals surface area contributed by atoms with Crippen molar-refractivity contribution < 1.29 is 30.5 Å². The topological polar surface area (TPSA) is 77.0 Å². The molecule has 0 N–H and O–H groups in total. The van der Waals surface area contributed by atoms with E-state index in [1.54, 1.807) is 0 Å². The molecule has 2 aromatic rings. The first-order valence-corrected chi connectivity index (χ1v) is 17.3. The summed E-state index contributed by atoms with van der Waals surface area (Å²) >= 11 is 0. The van der Waals surface area contributed by atoms with E-state index < -0.39 is 8.07 Å². The van der Waals surface area contributed by atoms with Crippen LogP contribution in [0.2, 0.25) is 25.7 Å². The van der Waals surface area contributed by atoms with Crippen LogP contribution in [0.3, 0.4) is 0 Å². The molecule has 194 valence electrons. The van der Waals surface area contributed by atoms with Crippen molar-refractivity contribution in [2.45, 2.75) is 79.7 Å². The number of nitrogens with zero attached hydrogens (tertiary/aromatic N) is 5. The van der Waals surface area contributed by atoms with Crippen LogP contribution in [-0.4, -0.2) is 66.8 Å². The molecular weight excluding hydrogens is 556 g/mol. The SMILES string of the molecule is CP(C)C.C[Si](C)(C)C[C-]=O.Cc1cc(C)n([B-]n2nc(C)cc2C)n1.[C-]#[N+]C(C)(C)C.[C-]#[O+].[Mo+2]. The Labute approximate surface area is 231 Å². The molecule has 0 aliphatic rings. The summed E-state index contributed by atoms with van der Waals surface area (Å²) < 4.78 is 11.2. The molecule has 2 rings (SSSR count). The number of aryl methyl sites for hydroxylation is 4. The van der Waals surface area contributed by atoms with Crippen LogP contribution in [0.25, 0.3) is 4.85 Å². The zero-order valence-corrected chi connectivity index (χ0v) is 27.7. The van der Waals surface area contributed by atoms with E-state index in [0.717, 1.165) is 22.8 Å². The number of hydrogen-bond acceptors (Lipinski definition) is 3. The summed E-state index contributed by atoms with van der Waals surface area (Å²) in [5.74, 6) is 0. The summed E-state index contributed by atoms with van der Waals surface area (Å²) in [5, 5.41) is 8.71. The van der Waals surface area contributed by atoms with Crippen LogP contribution < -0.4 is 0 Å². The number of carbonyl (C=O) groups excluding carboxylic acids is 1. The van der Waals surface area contributed by atoms with E-state index in [-0.39, 0.29) is 26.6 Å². The number of rotatable bonds is 4. The van der Waals surface area contributed by atoms with E-state index >= 15 is 0 Å². The molecule has 0 aromatic carbocycles. The average Bonchev–Trinajstić information content (AvgIpc) is 3.15. The molecular formula is C24H43BMoN5O2PSi. The van der Waals surface area contributed by atoms with Crippen LogP contribution >= 0.6 is 7.92 Å². The first-order valence-electron chi connectivity index (χ1n) is 10.9. The van der Waals surface area contributed by atoms with Crippen LogP contribution in [-0.2, 0) is 30.5 Å². The van der Waals surface area contributed by atoms with Crippen molar-refractivity contribution in [2.24, 2.45) is 0 Å². The van der Waals surface area contributed by atoms with Gasteiger partial charge in [-0.25, -0.2) is 16.8 Å². The van der Waals surface area contributed by atoms with Crippen molar-refractivity contribution in [3.05, 3.63) is 53.0 Å². The molecule has 0 aliphatic carbocycles. The third-order valence-corrected chi connectivity index (χ3v) is 4.45. The van der Waals surface area contributed by atoms with Gasteiger partial charge in [0.15, 0.2) is 0 Å². The van der Waals surface area contributed by atoms with Gasteiger partial charge in [-0.15, -0.1) is 7.92 Å². The van der Waals surface area contributed by atoms with Crippen molar-refractivity contribution in [1.82, 2.24) is 19.4 Å².